The minimum atomic E-state index is -1.80. The largest absolute Gasteiger partial charge is 0.524 e. The Hall–Kier alpha value is -4.05. The lowest BCUT2D eigenvalue weighted by Gasteiger charge is -2.14. The summed E-state index contributed by atoms with van der Waals surface area (Å²) in [6, 6.07) is 19.0. The van der Waals surface area contributed by atoms with E-state index in [0.29, 0.717) is 16.5 Å². The number of ether oxygens (including phenoxy) is 3. The Labute approximate surface area is 147 Å². The van der Waals surface area contributed by atoms with E-state index in [9.17, 15) is 14.9 Å². The van der Waals surface area contributed by atoms with Crippen LogP contribution in [0, 0.1) is 11.3 Å². The Balaban J connectivity index is 2.16. The van der Waals surface area contributed by atoms with Crippen LogP contribution in [0.5, 0.6) is 17.2 Å². The molecule has 0 heterocycles. The number of para-hydroxylation sites is 1. The zero-order valence-corrected chi connectivity index (χ0v) is 13.2. The molecule has 3 aromatic rings. The molecule has 0 aliphatic rings. The lowest BCUT2D eigenvalue weighted by molar-refractivity contribution is 0.0845. The number of benzene rings is 3. The normalized spacial score (nSPS) is 9.96. The van der Waals surface area contributed by atoms with Crippen LogP contribution in [-0.2, 0) is 4.74 Å². The fourth-order valence-corrected chi connectivity index (χ4v) is 2.36. The summed E-state index contributed by atoms with van der Waals surface area (Å²) < 4.78 is 14.8. The lowest BCUT2D eigenvalue weighted by atomic mass is 10.0. The molecule has 0 fully saturated rings. The Kier molecular flexibility index (Phi) is 4.67. The van der Waals surface area contributed by atoms with Gasteiger partial charge in [0.15, 0.2) is 11.5 Å². The van der Waals surface area contributed by atoms with Gasteiger partial charge in [-0.2, -0.15) is 5.26 Å². The quantitative estimate of drug-likeness (QED) is 0.415. The molecular formula is C19H11NO6. The second kappa shape index (κ2) is 7.23. The molecule has 0 aromatic heterocycles. The Morgan fingerprint density at radius 2 is 1.65 bits per heavy atom. The number of carboxylic acid groups (broad SMARTS) is 1. The second-order valence-corrected chi connectivity index (χ2v) is 5.05. The summed E-state index contributed by atoms with van der Waals surface area (Å²) in [5.41, 5.74) is 0.116. The van der Waals surface area contributed by atoms with Gasteiger partial charge >= 0.3 is 12.3 Å². The summed E-state index contributed by atoms with van der Waals surface area (Å²) in [5.74, 6) is 0.297. The number of nitriles is 1. The van der Waals surface area contributed by atoms with Gasteiger partial charge in [0.05, 0.1) is 5.56 Å². The number of hydrogen-bond donors (Lipinski definition) is 1. The van der Waals surface area contributed by atoms with Gasteiger partial charge in [-0.05, 0) is 23.6 Å². The van der Waals surface area contributed by atoms with Crippen molar-refractivity contribution >= 4 is 23.1 Å². The van der Waals surface area contributed by atoms with Crippen LogP contribution in [0.25, 0.3) is 10.8 Å². The SMILES string of the molecule is N#Cc1cc2ccccc2c(OC(=O)OC(=O)O)c1Oc1ccccc1. The molecule has 0 spiro atoms. The summed E-state index contributed by atoms with van der Waals surface area (Å²) in [4.78, 5) is 22.3. The van der Waals surface area contributed by atoms with Gasteiger partial charge < -0.3 is 19.3 Å². The third kappa shape index (κ3) is 3.55. The predicted octanol–water partition coefficient (Wildman–Crippen LogP) is 4.70. The van der Waals surface area contributed by atoms with Crippen LogP contribution in [-0.4, -0.2) is 17.4 Å². The van der Waals surface area contributed by atoms with Gasteiger partial charge in [-0.25, -0.2) is 9.59 Å². The summed E-state index contributed by atoms with van der Waals surface area (Å²) in [6.45, 7) is 0. The van der Waals surface area contributed by atoms with Crippen LogP contribution in [0.1, 0.15) is 5.56 Å². The van der Waals surface area contributed by atoms with Crippen LogP contribution in [0.3, 0.4) is 0 Å². The van der Waals surface area contributed by atoms with Gasteiger partial charge in [0, 0.05) is 5.39 Å². The molecule has 7 heteroatoms. The smallest absolute Gasteiger partial charge is 0.452 e. The lowest BCUT2D eigenvalue weighted by Crippen LogP contribution is -2.15. The first-order valence-corrected chi connectivity index (χ1v) is 7.40. The molecular weight excluding hydrogens is 338 g/mol. The summed E-state index contributed by atoms with van der Waals surface area (Å²) in [6.07, 6.45) is -3.25. The zero-order chi connectivity index (χ0) is 18.5. The number of hydrogen-bond acceptors (Lipinski definition) is 6. The number of carbonyl (C=O) groups excluding carboxylic acids is 1. The van der Waals surface area contributed by atoms with Crippen molar-refractivity contribution in [3.8, 4) is 23.3 Å². The van der Waals surface area contributed by atoms with Crippen LogP contribution in [0.15, 0.2) is 60.7 Å². The van der Waals surface area contributed by atoms with Gasteiger partial charge in [0.25, 0.3) is 0 Å². The third-order valence-electron chi connectivity index (χ3n) is 3.40. The molecule has 0 unspecified atom stereocenters. The topological polar surface area (TPSA) is 106 Å². The van der Waals surface area contributed by atoms with Crippen LogP contribution in [0.4, 0.5) is 9.59 Å². The van der Waals surface area contributed by atoms with E-state index in [2.05, 4.69) is 4.74 Å². The minimum Gasteiger partial charge on any atom is -0.452 e. The number of nitrogens with zero attached hydrogens (tertiary/aromatic N) is 1. The summed E-state index contributed by atoms with van der Waals surface area (Å²) >= 11 is 0. The maximum atomic E-state index is 11.7. The highest BCUT2D eigenvalue weighted by atomic mass is 16.8. The molecule has 1 N–H and O–H groups in total. The van der Waals surface area contributed by atoms with Crippen LogP contribution < -0.4 is 9.47 Å². The molecule has 7 nitrogen and oxygen atoms in total. The summed E-state index contributed by atoms with van der Waals surface area (Å²) in [7, 11) is 0. The van der Waals surface area contributed by atoms with Gasteiger partial charge in [0.1, 0.15) is 11.8 Å². The maximum absolute atomic E-state index is 11.7. The number of fused-ring (bicyclic) bond motifs is 1. The highest BCUT2D eigenvalue weighted by Crippen LogP contribution is 2.41. The van der Waals surface area contributed by atoms with E-state index in [4.69, 9.17) is 14.6 Å². The van der Waals surface area contributed by atoms with Crippen molar-refractivity contribution in [1.82, 2.24) is 0 Å². The average molecular weight is 349 g/mol. The highest BCUT2D eigenvalue weighted by molar-refractivity contribution is 5.94. The van der Waals surface area contributed by atoms with E-state index >= 15 is 0 Å². The second-order valence-electron chi connectivity index (χ2n) is 5.05. The standard InChI is InChI=1S/C19H11NO6/c20-11-13-10-12-6-4-5-9-15(12)17(25-19(23)26-18(21)22)16(13)24-14-7-2-1-3-8-14/h1-10H,(H,21,22). The molecule has 0 saturated heterocycles. The third-order valence-corrected chi connectivity index (χ3v) is 3.40. The Morgan fingerprint density at radius 3 is 2.35 bits per heavy atom. The van der Waals surface area contributed by atoms with Crippen molar-refractivity contribution in [3.63, 3.8) is 0 Å². The van der Waals surface area contributed by atoms with Crippen molar-refractivity contribution in [2.45, 2.75) is 0 Å². The number of rotatable bonds is 3. The molecule has 26 heavy (non-hydrogen) atoms. The molecule has 3 rings (SSSR count). The molecule has 0 saturated carbocycles. The highest BCUT2D eigenvalue weighted by Gasteiger charge is 2.22. The van der Waals surface area contributed by atoms with E-state index in [1.54, 1.807) is 60.7 Å². The molecule has 0 atom stereocenters. The number of carbonyl (C=O) groups is 2. The maximum Gasteiger partial charge on any atom is 0.524 e. The van der Waals surface area contributed by atoms with E-state index in [0.717, 1.165) is 0 Å². The molecule has 0 bridgehead atoms. The van der Waals surface area contributed by atoms with Crippen molar-refractivity contribution in [2.75, 3.05) is 0 Å². The van der Waals surface area contributed by atoms with Crippen LogP contribution in [0.2, 0.25) is 0 Å². The van der Waals surface area contributed by atoms with Gasteiger partial charge in [0.2, 0.25) is 0 Å². The first-order valence-electron chi connectivity index (χ1n) is 7.40. The molecule has 0 radical (unpaired) electrons. The Morgan fingerprint density at radius 1 is 0.962 bits per heavy atom. The average Bonchev–Trinajstić information content (AvgIpc) is 2.63. The van der Waals surface area contributed by atoms with E-state index in [-0.39, 0.29) is 17.1 Å². The van der Waals surface area contributed by atoms with Crippen LogP contribution >= 0.6 is 0 Å². The van der Waals surface area contributed by atoms with Crippen molar-refractivity contribution < 1.29 is 28.9 Å². The monoisotopic (exact) mass is 349 g/mol. The first kappa shape index (κ1) is 16.8. The van der Waals surface area contributed by atoms with Gasteiger partial charge in [-0.15, -0.1) is 0 Å². The summed E-state index contributed by atoms with van der Waals surface area (Å²) in [5, 5.41) is 19.1. The predicted molar refractivity (Wildman–Crippen MR) is 90.3 cm³/mol. The zero-order valence-electron chi connectivity index (χ0n) is 13.2. The molecule has 0 amide bonds. The molecule has 128 valence electrons. The molecule has 0 aliphatic heterocycles. The van der Waals surface area contributed by atoms with E-state index < -0.39 is 12.3 Å². The van der Waals surface area contributed by atoms with Gasteiger partial charge in [-0.3, -0.25) is 0 Å². The van der Waals surface area contributed by atoms with Crippen molar-refractivity contribution in [3.05, 3.63) is 66.2 Å². The fraction of sp³-hybridized carbons (Fsp3) is 0. The van der Waals surface area contributed by atoms with E-state index in [1.807, 2.05) is 6.07 Å². The van der Waals surface area contributed by atoms with Gasteiger partial charge in [-0.1, -0.05) is 42.5 Å². The minimum absolute atomic E-state index is 0.0141. The van der Waals surface area contributed by atoms with Crippen molar-refractivity contribution in [1.29, 1.82) is 5.26 Å². The first-order chi connectivity index (χ1) is 12.6. The molecule has 3 aromatic carbocycles. The fourth-order valence-electron chi connectivity index (χ4n) is 2.36. The van der Waals surface area contributed by atoms with E-state index in [1.165, 1.54) is 0 Å². The molecule has 0 aliphatic carbocycles. The van der Waals surface area contributed by atoms with Crippen molar-refractivity contribution in [2.24, 2.45) is 0 Å². The Bertz CT molecular complexity index is 1020.